The van der Waals surface area contributed by atoms with Crippen LogP contribution in [0.2, 0.25) is 0 Å². The summed E-state index contributed by atoms with van der Waals surface area (Å²) in [7, 11) is 0. The van der Waals surface area contributed by atoms with Crippen LogP contribution in [0.5, 0.6) is 0 Å². The second-order valence-corrected chi connectivity index (χ2v) is 8.43. The van der Waals surface area contributed by atoms with Crippen molar-refractivity contribution in [3.8, 4) is 0 Å². The topological polar surface area (TPSA) is 89.9 Å². The number of fused-ring (bicyclic) bond motifs is 1. The predicted octanol–water partition coefficient (Wildman–Crippen LogP) is 1.17. The van der Waals surface area contributed by atoms with Crippen molar-refractivity contribution in [3.05, 3.63) is 47.2 Å². The molecule has 140 valence electrons. The molecular formula is C18H22N2O4S2. The highest BCUT2D eigenvalue weighted by molar-refractivity contribution is 8.01. The van der Waals surface area contributed by atoms with Crippen molar-refractivity contribution in [1.29, 1.82) is 0 Å². The van der Waals surface area contributed by atoms with Crippen molar-refractivity contribution in [2.24, 2.45) is 0 Å². The predicted molar refractivity (Wildman–Crippen MR) is 104 cm³/mol. The molecule has 0 aromatic heterocycles. The van der Waals surface area contributed by atoms with Gasteiger partial charge >= 0.3 is 5.97 Å². The van der Waals surface area contributed by atoms with E-state index in [1.165, 1.54) is 0 Å². The molecule has 3 N–H and O–H groups in total. The van der Waals surface area contributed by atoms with Gasteiger partial charge in [-0.15, -0.1) is 11.8 Å². The lowest BCUT2D eigenvalue weighted by atomic mass is 10.0. The van der Waals surface area contributed by atoms with Gasteiger partial charge in [-0.3, -0.25) is 4.79 Å². The van der Waals surface area contributed by atoms with E-state index in [4.69, 9.17) is 5.11 Å². The second kappa shape index (κ2) is 8.83. The summed E-state index contributed by atoms with van der Waals surface area (Å²) in [6.07, 6.45) is 0.333. The molecule has 0 bridgehead atoms. The van der Waals surface area contributed by atoms with Crippen molar-refractivity contribution < 1.29 is 19.8 Å². The molecule has 2 atom stereocenters. The van der Waals surface area contributed by atoms with Gasteiger partial charge in [0.05, 0.1) is 24.4 Å². The Kier molecular flexibility index (Phi) is 6.50. The molecule has 1 amide bonds. The summed E-state index contributed by atoms with van der Waals surface area (Å²) in [4.78, 5) is 25.8. The van der Waals surface area contributed by atoms with Crippen molar-refractivity contribution in [3.63, 3.8) is 0 Å². The monoisotopic (exact) mass is 394 g/mol. The first-order valence-corrected chi connectivity index (χ1v) is 10.7. The number of carboxylic acids is 1. The fourth-order valence-corrected chi connectivity index (χ4v) is 5.42. The van der Waals surface area contributed by atoms with E-state index in [1.807, 2.05) is 35.2 Å². The minimum Gasteiger partial charge on any atom is -0.477 e. The number of hydrogen-bond acceptors (Lipinski definition) is 6. The van der Waals surface area contributed by atoms with Gasteiger partial charge in [0, 0.05) is 23.8 Å². The Morgan fingerprint density at radius 2 is 2.08 bits per heavy atom. The van der Waals surface area contributed by atoms with Gasteiger partial charge in [-0.2, -0.15) is 11.8 Å². The Hall–Kier alpha value is -1.64. The molecule has 2 aliphatic rings. The van der Waals surface area contributed by atoms with Crippen molar-refractivity contribution in [2.45, 2.75) is 17.8 Å². The van der Waals surface area contributed by atoms with Gasteiger partial charge < -0.3 is 20.4 Å². The van der Waals surface area contributed by atoms with E-state index in [0.717, 1.165) is 11.1 Å². The number of rotatable bonds is 8. The minimum absolute atomic E-state index is 0.0209. The molecule has 2 aliphatic heterocycles. The third-order valence-corrected chi connectivity index (χ3v) is 6.83. The van der Waals surface area contributed by atoms with Gasteiger partial charge in [0.2, 0.25) is 5.91 Å². The fraction of sp³-hybridized carbons (Fsp3) is 0.444. The standard InChI is InChI=1S/C18H22N2O4S2/c21-6-7-25-10-13-11-26-17-14(9-20(17)16(13)18(23)24)19-15(22)8-12-4-2-1-3-5-12/h1-5,14,17,21H,6-11H2,(H,19,22)(H,23,24). The van der Waals surface area contributed by atoms with Crippen LogP contribution in [-0.4, -0.2) is 68.8 Å². The first kappa shape index (κ1) is 19.1. The Morgan fingerprint density at radius 3 is 2.77 bits per heavy atom. The zero-order valence-corrected chi connectivity index (χ0v) is 15.9. The SMILES string of the molecule is O=C(Cc1ccccc1)NC1CN2C(C(=O)O)=C(CSCCO)CSC12. The number of benzene rings is 1. The largest absolute Gasteiger partial charge is 0.477 e. The maximum absolute atomic E-state index is 12.3. The summed E-state index contributed by atoms with van der Waals surface area (Å²) in [5.41, 5.74) is 2.23. The Labute approximate surface area is 161 Å². The average molecular weight is 395 g/mol. The molecule has 26 heavy (non-hydrogen) atoms. The zero-order valence-electron chi connectivity index (χ0n) is 14.3. The number of aliphatic hydroxyl groups excluding tert-OH is 1. The van der Waals surface area contributed by atoms with Gasteiger partial charge in [-0.25, -0.2) is 4.79 Å². The fourth-order valence-electron chi connectivity index (χ4n) is 3.17. The Balaban J connectivity index is 1.58. The van der Waals surface area contributed by atoms with Crippen LogP contribution in [0.25, 0.3) is 0 Å². The molecule has 2 heterocycles. The lowest BCUT2D eigenvalue weighted by Gasteiger charge is -2.52. The number of aliphatic carboxylic acids is 1. The van der Waals surface area contributed by atoms with Gasteiger partial charge in [0.15, 0.2) is 0 Å². The van der Waals surface area contributed by atoms with Gasteiger partial charge in [-0.05, 0) is 11.1 Å². The molecule has 1 aromatic carbocycles. The number of thioether (sulfide) groups is 2. The van der Waals surface area contributed by atoms with Gasteiger partial charge in [-0.1, -0.05) is 30.3 Å². The maximum atomic E-state index is 12.3. The highest BCUT2D eigenvalue weighted by Crippen LogP contribution is 2.40. The van der Waals surface area contributed by atoms with Crippen molar-refractivity contribution >= 4 is 35.4 Å². The average Bonchev–Trinajstić information content (AvgIpc) is 2.60. The van der Waals surface area contributed by atoms with E-state index in [1.54, 1.807) is 23.5 Å². The second-order valence-electron chi connectivity index (χ2n) is 6.22. The first-order valence-electron chi connectivity index (χ1n) is 8.45. The highest BCUT2D eigenvalue weighted by Gasteiger charge is 2.46. The molecule has 6 nitrogen and oxygen atoms in total. The Morgan fingerprint density at radius 1 is 1.31 bits per heavy atom. The molecule has 1 aromatic rings. The maximum Gasteiger partial charge on any atom is 0.352 e. The summed E-state index contributed by atoms with van der Waals surface area (Å²) in [6, 6.07) is 9.54. The van der Waals surface area contributed by atoms with Crippen molar-refractivity contribution in [1.82, 2.24) is 10.2 Å². The first-order chi connectivity index (χ1) is 12.6. The number of hydrogen-bond donors (Lipinski definition) is 3. The summed E-state index contributed by atoms with van der Waals surface area (Å²) >= 11 is 3.21. The molecule has 2 unspecified atom stereocenters. The number of carboxylic acid groups (broad SMARTS) is 1. The molecule has 1 saturated heterocycles. The van der Waals surface area contributed by atoms with Gasteiger partial charge in [0.25, 0.3) is 0 Å². The summed E-state index contributed by atoms with van der Waals surface area (Å²) in [6.45, 7) is 0.614. The Bertz CT molecular complexity index is 696. The van der Waals surface area contributed by atoms with E-state index >= 15 is 0 Å². The van der Waals surface area contributed by atoms with Crippen LogP contribution in [0.4, 0.5) is 0 Å². The zero-order chi connectivity index (χ0) is 18.5. The van der Waals surface area contributed by atoms with Crippen molar-refractivity contribution in [2.75, 3.05) is 30.4 Å². The van der Waals surface area contributed by atoms with Crippen LogP contribution >= 0.6 is 23.5 Å². The summed E-state index contributed by atoms with van der Waals surface area (Å²) in [5.74, 6) is 0.911. The molecule has 0 radical (unpaired) electrons. The van der Waals surface area contributed by atoms with E-state index in [9.17, 15) is 14.7 Å². The normalized spacial score (nSPS) is 21.8. The summed E-state index contributed by atoms with van der Waals surface area (Å²) < 4.78 is 0. The van der Waals surface area contributed by atoms with Crippen LogP contribution in [0.1, 0.15) is 5.56 Å². The highest BCUT2D eigenvalue weighted by atomic mass is 32.2. The molecular weight excluding hydrogens is 372 g/mol. The van der Waals surface area contributed by atoms with Crippen LogP contribution < -0.4 is 5.32 Å². The van der Waals surface area contributed by atoms with Crippen LogP contribution in [-0.2, 0) is 16.0 Å². The van der Waals surface area contributed by atoms with Crippen LogP contribution in [0, 0.1) is 0 Å². The summed E-state index contributed by atoms with van der Waals surface area (Å²) in [5, 5.41) is 21.5. The molecule has 8 heteroatoms. The number of nitrogens with one attached hydrogen (secondary N) is 1. The van der Waals surface area contributed by atoms with E-state index in [0.29, 0.717) is 35.9 Å². The number of amides is 1. The van der Waals surface area contributed by atoms with Gasteiger partial charge in [0.1, 0.15) is 5.70 Å². The molecule has 0 aliphatic carbocycles. The molecule has 0 saturated carbocycles. The van der Waals surface area contributed by atoms with Crippen LogP contribution in [0.15, 0.2) is 41.6 Å². The van der Waals surface area contributed by atoms with E-state index in [2.05, 4.69) is 5.32 Å². The van der Waals surface area contributed by atoms with E-state index in [-0.39, 0.29) is 23.9 Å². The molecule has 0 spiro atoms. The smallest absolute Gasteiger partial charge is 0.352 e. The lowest BCUT2D eigenvalue weighted by Crippen LogP contribution is -2.66. The lowest BCUT2D eigenvalue weighted by molar-refractivity contribution is -0.135. The number of carbonyl (C=O) groups excluding carboxylic acids is 1. The number of nitrogens with zero attached hydrogens (tertiary/aromatic N) is 1. The van der Waals surface area contributed by atoms with Crippen LogP contribution in [0.3, 0.4) is 0 Å². The quantitative estimate of drug-likeness (QED) is 0.570. The molecule has 3 rings (SSSR count). The third kappa shape index (κ3) is 4.36. The number of aliphatic hydroxyl groups is 1. The molecule has 1 fully saturated rings. The van der Waals surface area contributed by atoms with E-state index < -0.39 is 5.97 Å². The third-order valence-electron chi connectivity index (χ3n) is 4.36. The number of carbonyl (C=O) groups is 2. The minimum atomic E-state index is -0.913.